The van der Waals surface area contributed by atoms with Gasteiger partial charge < -0.3 is 4.74 Å². The molecule has 0 aromatic heterocycles. The Balaban J connectivity index is 2.02. The fourth-order valence-corrected chi connectivity index (χ4v) is 2.84. The SMILES string of the molecule is COc1ccc(/C=C2/C(=O)NC(=O)N2C(=O)c2ccccc2)c(Br)c1. The molecule has 0 unspecified atom stereocenters. The van der Waals surface area contributed by atoms with E-state index in [4.69, 9.17) is 4.74 Å². The number of rotatable bonds is 3. The predicted molar refractivity (Wildman–Crippen MR) is 94.8 cm³/mol. The Morgan fingerprint density at radius 2 is 1.88 bits per heavy atom. The van der Waals surface area contributed by atoms with Gasteiger partial charge in [-0.2, -0.15) is 0 Å². The number of carbonyl (C=O) groups excluding carboxylic acids is 3. The highest BCUT2D eigenvalue weighted by molar-refractivity contribution is 9.10. The minimum atomic E-state index is -0.769. The number of ether oxygens (including phenoxy) is 1. The first-order valence-corrected chi connectivity index (χ1v) is 8.10. The quantitative estimate of drug-likeness (QED) is 0.633. The van der Waals surface area contributed by atoms with Crippen LogP contribution >= 0.6 is 15.9 Å². The van der Waals surface area contributed by atoms with Crippen molar-refractivity contribution in [3.63, 3.8) is 0 Å². The van der Waals surface area contributed by atoms with Gasteiger partial charge in [-0.25, -0.2) is 9.69 Å². The molecule has 7 heteroatoms. The summed E-state index contributed by atoms with van der Waals surface area (Å²) in [7, 11) is 1.54. The maximum absolute atomic E-state index is 12.6. The van der Waals surface area contributed by atoms with E-state index in [9.17, 15) is 14.4 Å². The monoisotopic (exact) mass is 400 g/mol. The largest absolute Gasteiger partial charge is 0.497 e. The lowest BCUT2D eigenvalue weighted by Crippen LogP contribution is -2.33. The number of imide groups is 2. The molecular formula is C18H13BrN2O4. The Hall–Kier alpha value is -2.93. The normalized spacial score (nSPS) is 15.4. The summed E-state index contributed by atoms with van der Waals surface area (Å²) in [6.45, 7) is 0. The maximum atomic E-state index is 12.6. The van der Waals surface area contributed by atoms with Crippen LogP contribution in [0.3, 0.4) is 0 Å². The molecule has 0 spiro atoms. The van der Waals surface area contributed by atoms with E-state index in [1.807, 2.05) is 0 Å². The molecule has 2 aromatic rings. The molecule has 4 amide bonds. The van der Waals surface area contributed by atoms with E-state index in [0.717, 1.165) is 4.90 Å². The number of methoxy groups -OCH3 is 1. The second kappa shape index (κ2) is 6.90. The average molecular weight is 401 g/mol. The summed E-state index contributed by atoms with van der Waals surface area (Å²) in [6, 6.07) is 12.7. The van der Waals surface area contributed by atoms with E-state index in [1.165, 1.54) is 6.08 Å². The zero-order valence-electron chi connectivity index (χ0n) is 13.2. The van der Waals surface area contributed by atoms with Gasteiger partial charge in [-0.1, -0.05) is 40.2 Å². The first-order chi connectivity index (χ1) is 12.0. The van der Waals surface area contributed by atoms with Crippen molar-refractivity contribution in [3.8, 4) is 5.75 Å². The topological polar surface area (TPSA) is 75.7 Å². The van der Waals surface area contributed by atoms with Crippen molar-refractivity contribution < 1.29 is 19.1 Å². The number of halogens is 1. The van der Waals surface area contributed by atoms with Crippen LogP contribution in [0.25, 0.3) is 6.08 Å². The maximum Gasteiger partial charge on any atom is 0.336 e. The minimum Gasteiger partial charge on any atom is -0.497 e. The lowest BCUT2D eigenvalue weighted by Gasteiger charge is -2.13. The summed E-state index contributed by atoms with van der Waals surface area (Å²) in [5, 5.41) is 2.15. The zero-order valence-corrected chi connectivity index (χ0v) is 14.7. The van der Waals surface area contributed by atoms with Gasteiger partial charge in [-0.05, 0) is 35.9 Å². The Morgan fingerprint density at radius 3 is 2.52 bits per heavy atom. The van der Waals surface area contributed by atoms with Gasteiger partial charge in [0.05, 0.1) is 7.11 Å². The van der Waals surface area contributed by atoms with Crippen LogP contribution in [-0.4, -0.2) is 29.9 Å². The Bertz CT molecular complexity index is 893. The molecule has 1 N–H and O–H groups in total. The molecule has 0 bridgehead atoms. The van der Waals surface area contributed by atoms with Gasteiger partial charge in [-0.15, -0.1) is 0 Å². The minimum absolute atomic E-state index is 0.0373. The van der Waals surface area contributed by atoms with Crippen molar-refractivity contribution in [1.29, 1.82) is 0 Å². The Kier molecular flexibility index (Phi) is 4.67. The fraction of sp³-hybridized carbons (Fsp3) is 0.0556. The number of nitrogens with one attached hydrogen (secondary N) is 1. The van der Waals surface area contributed by atoms with Crippen LogP contribution in [-0.2, 0) is 4.79 Å². The molecule has 2 aromatic carbocycles. The fourth-order valence-electron chi connectivity index (χ4n) is 2.37. The third kappa shape index (κ3) is 3.32. The van der Waals surface area contributed by atoms with Gasteiger partial charge in [-0.3, -0.25) is 14.9 Å². The first-order valence-electron chi connectivity index (χ1n) is 7.31. The number of urea groups is 1. The van der Waals surface area contributed by atoms with E-state index in [-0.39, 0.29) is 5.70 Å². The van der Waals surface area contributed by atoms with E-state index in [2.05, 4.69) is 21.2 Å². The lowest BCUT2D eigenvalue weighted by molar-refractivity contribution is -0.115. The smallest absolute Gasteiger partial charge is 0.336 e. The standard InChI is InChI=1S/C18H13BrN2O4/c1-25-13-8-7-12(14(19)10-13)9-15-16(22)20-18(24)21(15)17(23)11-5-3-2-4-6-11/h2-10H,1H3,(H,20,22,24)/b15-9-. The van der Waals surface area contributed by atoms with Crippen LogP contribution in [0.1, 0.15) is 15.9 Å². The predicted octanol–water partition coefficient (Wildman–Crippen LogP) is 3.19. The highest BCUT2D eigenvalue weighted by Gasteiger charge is 2.38. The number of benzene rings is 2. The molecule has 0 saturated carbocycles. The van der Waals surface area contributed by atoms with Crippen molar-refractivity contribution in [1.82, 2.24) is 10.2 Å². The molecule has 1 aliphatic heterocycles. The van der Waals surface area contributed by atoms with Crippen LogP contribution in [0, 0.1) is 0 Å². The van der Waals surface area contributed by atoms with E-state index < -0.39 is 17.8 Å². The summed E-state index contributed by atoms with van der Waals surface area (Å²) in [4.78, 5) is 37.7. The summed E-state index contributed by atoms with van der Waals surface area (Å²) in [5.74, 6) is -0.560. The molecule has 25 heavy (non-hydrogen) atoms. The van der Waals surface area contributed by atoms with Gasteiger partial charge >= 0.3 is 6.03 Å². The van der Waals surface area contributed by atoms with Crippen molar-refractivity contribution in [2.75, 3.05) is 7.11 Å². The molecule has 6 nitrogen and oxygen atoms in total. The van der Waals surface area contributed by atoms with Gasteiger partial charge in [0.25, 0.3) is 11.8 Å². The molecule has 1 fully saturated rings. The molecule has 1 heterocycles. The molecule has 0 radical (unpaired) electrons. The summed E-state index contributed by atoms with van der Waals surface area (Å²) >= 11 is 3.39. The van der Waals surface area contributed by atoms with E-state index in [1.54, 1.807) is 55.6 Å². The third-order valence-corrected chi connectivity index (χ3v) is 4.31. The molecule has 1 saturated heterocycles. The average Bonchev–Trinajstić information content (AvgIpc) is 2.90. The molecule has 3 rings (SSSR count). The summed E-state index contributed by atoms with van der Waals surface area (Å²) in [5.41, 5.74) is 0.906. The van der Waals surface area contributed by atoms with E-state index in [0.29, 0.717) is 21.3 Å². The van der Waals surface area contributed by atoms with Crippen LogP contribution in [0.4, 0.5) is 4.79 Å². The van der Waals surface area contributed by atoms with Crippen molar-refractivity contribution >= 4 is 39.9 Å². The summed E-state index contributed by atoms with van der Waals surface area (Å²) < 4.78 is 5.79. The Labute approximate surface area is 152 Å². The van der Waals surface area contributed by atoms with E-state index >= 15 is 0 Å². The summed E-state index contributed by atoms with van der Waals surface area (Å²) in [6.07, 6.45) is 1.48. The van der Waals surface area contributed by atoms with Crippen LogP contribution in [0.5, 0.6) is 5.75 Å². The number of hydrogen-bond acceptors (Lipinski definition) is 4. The third-order valence-electron chi connectivity index (χ3n) is 3.62. The molecule has 0 aliphatic carbocycles. The highest BCUT2D eigenvalue weighted by atomic mass is 79.9. The number of hydrogen-bond donors (Lipinski definition) is 1. The molecule has 0 atom stereocenters. The second-order valence-corrected chi connectivity index (χ2v) is 6.04. The van der Waals surface area contributed by atoms with Crippen LogP contribution in [0.15, 0.2) is 58.7 Å². The van der Waals surface area contributed by atoms with Crippen molar-refractivity contribution in [3.05, 3.63) is 69.8 Å². The first kappa shape index (κ1) is 16.9. The number of amides is 4. The van der Waals surface area contributed by atoms with Gasteiger partial charge in [0.1, 0.15) is 11.4 Å². The van der Waals surface area contributed by atoms with Crippen molar-refractivity contribution in [2.24, 2.45) is 0 Å². The molecular weight excluding hydrogens is 388 g/mol. The van der Waals surface area contributed by atoms with Gasteiger partial charge in [0, 0.05) is 10.0 Å². The van der Waals surface area contributed by atoms with Gasteiger partial charge in [0.2, 0.25) is 0 Å². The number of nitrogens with zero attached hydrogens (tertiary/aromatic N) is 1. The van der Waals surface area contributed by atoms with Crippen LogP contribution in [0.2, 0.25) is 0 Å². The molecule has 126 valence electrons. The lowest BCUT2D eigenvalue weighted by atomic mass is 10.1. The Morgan fingerprint density at radius 1 is 1.16 bits per heavy atom. The molecule has 1 aliphatic rings. The number of carbonyl (C=O) groups is 3. The highest BCUT2D eigenvalue weighted by Crippen LogP contribution is 2.27. The van der Waals surface area contributed by atoms with Gasteiger partial charge in [0.15, 0.2) is 0 Å². The van der Waals surface area contributed by atoms with Crippen molar-refractivity contribution in [2.45, 2.75) is 0 Å². The van der Waals surface area contributed by atoms with Crippen LogP contribution < -0.4 is 10.1 Å². The zero-order chi connectivity index (χ0) is 18.0. The second-order valence-electron chi connectivity index (χ2n) is 5.18.